The summed E-state index contributed by atoms with van der Waals surface area (Å²) >= 11 is 0. The van der Waals surface area contributed by atoms with Crippen molar-refractivity contribution in [2.45, 2.75) is 49.5 Å². The van der Waals surface area contributed by atoms with E-state index in [1.807, 2.05) is 0 Å². The number of carbonyl (C=O) groups is 2. The van der Waals surface area contributed by atoms with Crippen LogP contribution >= 0.6 is 0 Å². The Morgan fingerprint density at radius 2 is 1.52 bits per heavy atom. The van der Waals surface area contributed by atoms with Gasteiger partial charge in [0.15, 0.2) is 5.78 Å². The summed E-state index contributed by atoms with van der Waals surface area (Å²) in [6, 6.07) is 5.97. The van der Waals surface area contributed by atoms with Crippen molar-refractivity contribution in [1.82, 2.24) is 9.21 Å². The lowest BCUT2D eigenvalue weighted by Gasteiger charge is -2.40. The molecule has 7 nitrogen and oxygen atoms in total. The first kappa shape index (κ1) is 20.0. The van der Waals surface area contributed by atoms with Gasteiger partial charge < -0.3 is 10.6 Å². The van der Waals surface area contributed by atoms with Crippen molar-refractivity contribution in [3.05, 3.63) is 29.8 Å². The summed E-state index contributed by atoms with van der Waals surface area (Å²) in [6.45, 7) is 2.64. The number of sulfonamides is 1. The Morgan fingerprint density at radius 1 is 0.963 bits per heavy atom. The molecule has 0 radical (unpaired) electrons. The molecule has 1 aromatic carbocycles. The highest BCUT2D eigenvalue weighted by atomic mass is 32.2. The van der Waals surface area contributed by atoms with Crippen molar-refractivity contribution in [2.75, 3.05) is 26.2 Å². The molecule has 0 unspecified atom stereocenters. The van der Waals surface area contributed by atoms with Crippen LogP contribution in [0.5, 0.6) is 0 Å². The molecule has 2 aliphatic rings. The zero-order valence-corrected chi connectivity index (χ0v) is 16.5. The molecule has 1 aliphatic carbocycles. The minimum atomic E-state index is -3.64. The molecule has 0 spiro atoms. The molecule has 1 saturated carbocycles. The third-order valence-corrected chi connectivity index (χ3v) is 7.51. The van der Waals surface area contributed by atoms with E-state index in [4.69, 9.17) is 5.73 Å². The Labute approximate surface area is 160 Å². The van der Waals surface area contributed by atoms with Crippen LogP contribution in [0.4, 0.5) is 0 Å². The number of amides is 1. The van der Waals surface area contributed by atoms with Gasteiger partial charge in [-0.2, -0.15) is 4.31 Å². The summed E-state index contributed by atoms with van der Waals surface area (Å²) in [7, 11) is -3.64. The van der Waals surface area contributed by atoms with E-state index in [9.17, 15) is 18.0 Å². The average Bonchev–Trinajstić information content (AvgIpc) is 2.68. The fourth-order valence-electron chi connectivity index (χ4n) is 3.85. The maximum Gasteiger partial charge on any atom is 0.243 e. The number of piperazine rings is 1. The second kappa shape index (κ2) is 7.69. The minimum absolute atomic E-state index is 0.0509. The van der Waals surface area contributed by atoms with Gasteiger partial charge in [-0.25, -0.2) is 8.42 Å². The molecule has 1 heterocycles. The molecule has 2 N–H and O–H groups in total. The highest BCUT2D eigenvalue weighted by Crippen LogP contribution is 2.28. The topological polar surface area (TPSA) is 101 Å². The Hall–Kier alpha value is -1.77. The van der Waals surface area contributed by atoms with Gasteiger partial charge in [-0.3, -0.25) is 9.59 Å². The molecule has 1 amide bonds. The molecule has 148 valence electrons. The molecule has 2 fully saturated rings. The molecule has 0 aromatic heterocycles. The fraction of sp³-hybridized carbons (Fsp3) is 0.579. The molecule has 3 rings (SSSR count). The van der Waals surface area contributed by atoms with Crippen molar-refractivity contribution in [2.24, 2.45) is 5.73 Å². The standard InChI is InChI=1S/C19H27N3O4S/c1-15(23)16-5-7-17(8-6-16)27(25,26)22-13-11-21(12-14-22)18(24)19(20)9-3-2-4-10-19/h5-8H,2-4,9-14,20H2,1H3. The van der Waals surface area contributed by atoms with Crippen LogP contribution in [0.15, 0.2) is 29.2 Å². The predicted molar refractivity (Wildman–Crippen MR) is 102 cm³/mol. The van der Waals surface area contributed by atoms with Crippen LogP contribution in [0.2, 0.25) is 0 Å². The van der Waals surface area contributed by atoms with Gasteiger partial charge in [0.25, 0.3) is 0 Å². The van der Waals surface area contributed by atoms with Gasteiger partial charge in [0.1, 0.15) is 0 Å². The lowest BCUT2D eigenvalue weighted by atomic mass is 9.81. The summed E-state index contributed by atoms with van der Waals surface area (Å²) in [6.07, 6.45) is 4.44. The Morgan fingerprint density at radius 3 is 2.04 bits per heavy atom. The molecule has 27 heavy (non-hydrogen) atoms. The normalized spacial score (nSPS) is 21.0. The average molecular weight is 394 g/mol. The smallest absolute Gasteiger partial charge is 0.243 e. The van der Waals surface area contributed by atoms with E-state index in [-0.39, 0.29) is 29.7 Å². The lowest BCUT2D eigenvalue weighted by molar-refractivity contribution is -0.139. The minimum Gasteiger partial charge on any atom is -0.338 e. The van der Waals surface area contributed by atoms with E-state index in [0.29, 0.717) is 31.5 Å². The van der Waals surface area contributed by atoms with Crippen molar-refractivity contribution in [1.29, 1.82) is 0 Å². The first-order valence-corrected chi connectivity index (χ1v) is 10.9. The maximum atomic E-state index is 12.8. The van der Waals surface area contributed by atoms with Crippen molar-refractivity contribution >= 4 is 21.7 Å². The number of nitrogens with zero attached hydrogens (tertiary/aromatic N) is 2. The molecule has 0 bridgehead atoms. The highest BCUT2D eigenvalue weighted by Gasteiger charge is 2.40. The molecule has 0 atom stereocenters. The summed E-state index contributed by atoms with van der Waals surface area (Å²) < 4.78 is 27.0. The van der Waals surface area contributed by atoms with Crippen LogP contribution in [-0.2, 0) is 14.8 Å². The largest absolute Gasteiger partial charge is 0.338 e. The summed E-state index contributed by atoms with van der Waals surface area (Å²) in [5.74, 6) is -0.158. The number of benzene rings is 1. The second-order valence-electron chi connectivity index (χ2n) is 7.49. The summed E-state index contributed by atoms with van der Waals surface area (Å²) in [5.41, 5.74) is 6.02. The second-order valence-corrected chi connectivity index (χ2v) is 9.43. The Balaban J connectivity index is 1.65. The van der Waals surface area contributed by atoms with E-state index in [1.165, 1.54) is 35.5 Å². The number of rotatable bonds is 4. The van der Waals surface area contributed by atoms with Gasteiger partial charge >= 0.3 is 0 Å². The zero-order chi connectivity index (χ0) is 19.7. The van der Waals surface area contributed by atoms with Crippen LogP contribution in [0.3, 0.4) is 0 Å². The van der Waals surface area contributed by atoms with Crippen LogP contribution in [0.1, 0.15) is 49.4 Å². The number of hydrogen-bond donors (Lipinski definition) is 1. The monoisotopic (exact) mass is 393 g/mol. The van der Waals surface area contributed by atoms with Crippen LogP contribution in [0, 0.1) is 0 Å². The van der Waals surface area contributed by atoms with Gasteiger partial charge in [-0.05, 0) is 31.9 Å². The van der Waals surface area contributed by atoms with Crippen LogP contribution in [-0.4, -0.2) is 61.0 Å². The third kappa shape index (κ3) is 4.07. The fourth-order valence-corrected chi connectivity index (χ4v) is 5.28. The molecule has 1 aliphatic heterocycles. The van der Waals surface area contributed by atoms with Crippen LogP contribution < -0.4 is 5.73 Å². The van der Waals surface area contributed by atoms with E-state index in [0.717, 1.165) is 19.3 Å². The third-order valence-electron chi connectivity index (χ3n) is 5.60. The van der Waals surface area contributed by atoms with E-state index >= 15 is 0 Å². The van der Waals surface area contributed by atoms with E-state index in [2.05, 4.69) is 0 Å². The predicted octanol–water partition coefficient (Wildman–Crippen LogP) is 1.38. The molecule has 8 heteroatoms. The Kier molecular flexibility index (Phi) is 5.69. The first-order valence-electron chi connectivity index (χ1n) is 9.43. The molecular weight excluding hydrogens is 366 g/mol. The van der Waals surface area contributed by atoms with Crippen molar-refractivity contribution < 1.29 is 18.0 Å². The number of nitrogens with two attached hydrogens (primary N) is 1. The molecule has 1 aromatic rings. The van der Waals surface area contributed by atoms with Gasteiger partial charge in [0.05, 0.1) is 10.4 Å². The van der Waals surface area contributed by atoms with Gasteiger partial charge in [-0.1, -0.05) is 31.4 Å². The summed E-state index contributed by atoms with van der Waals surface area (Å²) in [4.78, 5) is 26.0. The van der Waals surface area contributed by atoms with E-state index in [1.54, 1.807) is 4.90 Å². The highest BCUT2D eigenvalue weighted by molar-refractivity contribution is 7.89. The van der Waals surface area contributed by atoms with Gasteiger partial charge in [0, 0.05) is 31.7 Å². The lowest BCUT2D eigenvalue weighted by Crippen LogP contribution is -2.60. The zero-order valence-electron chi connectivity index (χ0n) is 15.7. The van der Waals surface area contributed by atoms with Crippen molar-refractivity contribution in [3.63, 3.8) is 0 Å². The maximum absolute atomic E-state index is 12.8. The number of ketones is 1. The van der Waals surface area contributed by atoms with Gasteiger partial charge in [0.2, 0.25) is 15.9 Å². The molecular formula is C19H27N3O4S. The van der Waals surface area contributed by atoms with E-state index < -0.39 is 15.6 Å². The SMILES string of the molecule is CC(=O)c1ccc(S(=O)(=O)N2CCN(C(=O)C3(N)CCCCC3)CC2)cc1. The van der Waals surface area contributed by atoms with Gasteiger partial charge in [-0.15, -0.1) is 0 Å². The quantitative estimate of drug-likeness (QED) is 0.779. The number of Topliss-reactive ketones (excluding diaryl/α,β-unsaturated/α-hetero) is 1. The molecule has 1 saturated heterocycles. The first-order chi connectivity index (χ1) is 12.7. The number of hydrogen-bond acceptors (Lipinski definition) is 5. The summed E-state index contributed by atoms with van der Waals surface area (Å²) in [5, 5.41) is 0. The van der Waals surface area contributed by atoms with Crippen LogP contribution in [0.25, 0.3) is 0 Å². The number of carbonyl (C=O) groups excluding carboxylic acids is 2. The Bertz CT molecular complexity index is 806. The van der Waals surface area contributed by atoms with Crippen molar-refractivity contribution in [3.8, 4) is 0 Å².